The Balaban J connectivity index is 1.60. The highest BCUT2D eigenvalue weighted by Crippen LogP contribution is 2.51. The number of carbonyl (C=O) groups is 1. The number of hydrogen-bond acceptors (Lipinski definition) is 5. The number of methoxy groups -OCH3 is 2. The highest BCUT2D eigenvalue weighted by molar-refractivity contribution is 5.78. The number of benzene rings is 1. The van der Waals surface area contributed by atoms with E-state index in [-0.39, 0.29) is 17.9 Å². The van der Waals surface area contributed by atoms with E-state index in [9.17, 15) is 9.90 Å². The van der Waals surface area contributed by atoms with Crippen LogP contribution in [0, 0.1) is 5.92 Å². The predicted octanol–water partition coefficient (Wildman–Crippen LogP) is 3.82. The Labute approximate surface area is 186 Å². The van der Waals surface area contributed by atoms with Crippen molar-refractivity contribution < 1.29 is 19.4 Å². The van der Waals surface area contributed by atoms with E-state index in [1.165, 1.54) is 19.3 Å². The second kappa shape index (κ2) is 9.78. The van der Waals surface area contributed by atoms with Gasteiger partial charge in [-0.15, -0.1) is 0 Å². The van der Waals surface area contributed by atoms with Crippen LogP contribution in [0.15, 0.2) is 18.2 Å². The molecule has 0 unspecified atom stereocenters. The third-order valence-corrected chi connectivity index (χ3v) is 7.75. The summed E-state index contributed by atoms with van der Waals surface area (Å²) in [6.45, 7) is 1.08. The van der Waals surface area contributed by atoms with E-state index in [0.717, 1.165) is 62.0 Å². The van der Waals surface area contributed by atoms with Gasteiger partial charge in [-0.25, -0.2) is 0 Å². The fraction of sp³-hybridized carbons (Fsp3) is 0.720. The van der Waals surface area contributed by atoms with Crippen LogP contribution in [0.3, 0.4) is 0 Å². The van der Waals surface area contributed by atoms with Gasteiger partial charge in [0.25, 0.3) is 0 Å². The van der Waals surface area contributed by atoms with Crippen LogP contribution in [0.4, 0.5) is 0 Å². The molecule has 3 atom stereocenters. The monoisotopic (exact) mass is 430 g/mol. The summed E-state index contributed by atoms with van der Waals surface area (Å²) in [6.07, 6.45) is 10.6. The lowest BCUT2D eigenvalue weighted by molar-refractivity contribution is -0.138. The van der Waals surface area contributed by atoms with E-state index < -0.39 is 5.60 Å². The number of rotatable bonds is 6. The molecule has 0 bridgehead atoms. The molecule has 0 spiro atoms. The SMILES string of the molecule is COc1ccc([C@H]2[C@@H]3CCCC[C@]3(O)CCN2CC(=O)NC2CCCCC2)c(OC)c1. The summed E-state index contributed by atoms with van der Waals surface area (Å²) in [6, 6.07) is 6.18. The number of carbonyl (C=O) groups excluding carboxylic acids is 1. The molecular weight excluding hydrogens is 392 g/mol. The number of ether oxygens (including phenoxy) is 2. The molecule has 3 aliphatic rings. The number of likely N-dealkylation sites (tertiary alicyclic amines) is 1. The zero-order valence-electron chi connectivity index (χ0n) is 19.1. The Bertz CT molecular complexity index is 764. The summed E-state index contributed by atoms with van der Waals surface area (Å²) >= 11 is 0. The normalized spacial score (nSPS) is 29.8. The number of fused-ring (bicyclic) bond motifs is 1. The molecular formula is C25H38N2O4. The minimum Gasteiger partial charge on any atom is -0.497 e. The second-order valence-corrected chi connectivity index (χ2v) is 9.63. The van der Waals surface area contributed by atoms with Crippen molar-refractivity contribution in [2.75, 3.05) is 27.3 Å². The summed E-state index contributed by atoms with van der Waals surface area (Å²) in [4.78, 5) is 15.3. The van der Waals surface area contributed by atoms with Gasteiger partial charge in [-0.05, 0) is 38.2 Å². The van der Waals surface area contributed by atoms with Gasteiger partial charge in [0.05, 0.1) is 26.4 Å². The lowest BCUT2D eigenvalue weighted by Crippen LogP contribution is -2.56. The molecule has 1 aromatic rings. The van der Waals surface area contributed by atoms with Crippen LogP contribution in [0.2, 0.25) is 0 Å². The topological polar surface area (TPSA) is 71.0 Å². The van der Waals surface area contributed by atoms with Crippen molar-refractivity contribution in [1.82, 2.24) is 10.2 Å². The van der Waals surface area contributed by atoms with Crippen LogP contribution >= 0.6 is 0 Å². The summed E-state index contributed by atoms with van der Waals surface area (Å²) in [5.74, 6) is 1.71. The van der Waals surface area contributed by atoms with Gasteiger partial charge in [-0.2, -0.15) is 0 Å². The van der Waals surface area contributed by atoms with Crippen molar-refractivity contribution in [3.8, 4) is 11.5 Å². The number of nitrogens with zero attached hydrogens (tertiary/aromatic N) is 1. The van der Waals surface area contributed by atoms with Gasteiger partial charge >= 0.3 is 0 Å². The van der Waals surface area contributed by atoms with E-state index in [2.05, 4.69) is 16.3 Å². The number of piperidine rings is 1. The van der Waals surface area contributed by atoms with Gasteiger partial charge in [0.1, 0.15) is 11.5 Å². The van der Waals surface area contributed by atoms with E-state index in [0.29, 0.717) is 19.1 Å². The first kappa shape index (κ1) is 22.4. The Morgan fingerprint density at radius 2 is 1.87 bits per heavy atom. The lowest BCUT2D eigenvalue weighted by Gasteiger charge is -2.52. The molecule has 2 saturated carbocycles. The van der Waals surface area contributed by atoms with Crippen LogP contribution in [0.5, 0.6) is 11.5 Å². The Kier molecular flexibility index (Phi) is 7.07. The minimum absolute atomic E-state index is 0.0444. The number of amides is 1. The number of aliphatic hydroxyl groups is 1. The van der Waals surface area contributed by atoms with Crippen molar-refractivity contribution in [3.05, 3.63) is 23.8 Å². The summed E-state index contributed by atoms with van der Waals surface area (Å²) in [5.41, 5.74) is 0.378. The van der Waals surface area contributed by atoms with Gasteiger partial charge < -0.3 is 19.9 Å². The van der Waals surface area contributed by atoms with E-state index in [1.54, 1.807) is 14.2 Å². The summed E-state index contributed by atoms with van der Waals surface area (Å²) < 4.78 is 11.1. The first-order chi connectivity index (χ1) is 15.0. The molecule has 1 saturated heterocycles. The van der Waals surface area contributed by atoms with Gasteiger partial charge in [0.2, 0.25) is 5.91 Å². The zero-order chi connectivity index (χ0) is 21.8. The fourth-order valence-electron chi connectivity index (χ4n) is 6.10. The minimum atomic E-state index is -0.662. The molecule has 2 N–H and O–H groups in total. The summed E-state index contributed by atoms with van der Waals surface area (Å²) in [5, 5.41) is 14.8. The quantitative estimate of drug-likeness (QED) is 0.718. The van der Waals surface area contributed by atoms with Crippen molar-refractivity contribution in [2.45, 2.75) is 81.9 Å². The van der Waals surface area contributed by atoms with Gasteiger partial charge in [-0.1, -0.05) is 38.2 Å². The highest BCUT2D eigenvalue weighted by Gasteiger charge is 2.49. The molecule has 0 aromatic heterocycles. The smallest absolute Gasteiger partial charge is 0.234 e. The molecule has 1 heterocycles. The third kappa shape index (κ3) is 4.85. The standard InChI is InChI=1S/C25H38N2O4/c1-30-19-11-12-20(22(16-19)31-2)24-21-10-6-7-13-25(21,29)14-15-27(24)17-23(28)26-18-8-4-3-5-9-18/h11-12,16,18,21,24,29H,3-10,13-15,17H2,1-2H3,(H,26,28)/t21-,24-,25-/m0/s1. The highest BCUT2D eigenvalue weighted by atomic mass is 16.5. The molecule has 2 aliphatic carbocycles. The molecule has 31 heavy (non-hydrogen) atoms. The average Bonchev–Trinajstić information content (AvgIpc) is 2.79. The average molecular weight is 431 g/mol. The van der Waals surface area contributed by atoms with Gasteiger partial charge in [-0.3, -0.25) is 9.69 Å². The van der Waals surface area contributed by atoms with E-state index in [4.69, 9.17) is 9.47 Å². The summed E-state index contributed by atoms with van der Waals surface area (Å²) in [7, 11) is 3.32. The predicted molar refractivity (Wildman–Crippen MR) is 120 cm³/mol. The van der Waals surface area contributed by atoms with E-state index >= 15 is 0 Å². The third-order valence-electron chi connectivity index (χ3n) is 7.75. The van der Waals surface area contributed by atoms with Gasteiger partial charge in [0.15, 0.2) is 0 Å². The Morgan fingerprint density at radius 1 is 1.10 bits per heavy atom. The van der Waals surface area contributed by atoms with Crippen LogP contribution in [0.25, 0.3) is 0 Å². The fourth-order valence-corrected chi connectivity index (χ4v) is 6.10. The van der Waals surface area contributed by atoms with E-state index in [1.807, 2.05) is 12.1 Å². The molecule has 6 nitrogen and oxygen atoms in total. The maximum absolute atomic E-state index is 13.0. The van der Waals surface area contributed by atoms with Crippen LogP contribution < -0.4 is 14.8 Å². The van der Waals surface area contributed by atoms with Crippen LogP contribution in [0.1, 0.15) is 75.8 Å². The first-order valence-electron chi connectivity index (χ1n) is 12.0. The second-order valence-electron chi connectivity index (χ2n) is 9.63. The number of hydrogen-bond donors (Lipinski definition) is 2. The maximum atomic E-state index is 13.0. The molecule has 0 radical (unpaired) electrons. The van der Waals surface area contributed by atoms with Crippen molar-refractivity contribution in [2.24, 2.45) is 5.92 Å². The molecule has 1 amide bonds. The maximum Gasteiger partial charge on any atom is 0.234 e. The first-order valence-corrected chi connectivity index (χ1v) is 12.0. The number of nitrogens with one attached hydrogen (secondary N) is 1. The Morgan fingerprint density at radius 3 is 2.61 bits per heavy atom. The molecule has 1 aromatic carbocycles. The van der Waals surface area contributed by atoms with Crippen molar-refractivity contribution in [3.63, 3.8) is 0 Å². The molecule has 172 valence electrons. The largest absolute Gasteiger partial charge is 0.497 e. The zero-order valence-corrected chi connectivity index (χ0v) is 19.1. The van der Waals surface area contributed by atoms with Crippen LogP contribution in [-0.4, -0.2) is 54.9 Å². The van der Waals surface area contributed by atoms with Crippen LogP contribution in [-0.2, 0) is 4.79 Å². The molecule has 6 heteroatoms. The van der Waals surface area contributed by atoms with Gasteiger partial charge in [0, 0.05) is 36.2 Å². The molecule has 3 fully saturated rings. The lowest BCUT2D eigenvalue weighted by atomic mass is 9.66. The molecule has 1 aliphatic heterocycles. The van der Waals surface area contributed by atoms with Crippen molar-refractivity contribution in [1.29, 1.82) is 0 Å². The Hall–Kier alpha value is -1.79. The molecule has 4 rings (SSSR count). The van der Waals surface area contributed by atoms with Crippen molar-refractivity contribution >= 4 is 5.91 Å².